The van der Waals surface area contributed by atoms with Gasteiger partial charge in [-0.3, -0.25) is 9.59 Å². The fourth-order valence-electron chi connectivity index (χ4n) is 12.1. The van der Waals surface area contributed by atoms with Crippen LogP contribution in [0.25, 0.3) is 0 Å². The molecule has 6 aromatic carbocycles. The van der Waals surface area contributed by atoms with Crippen LogP contribution in [0.1, 0.15) is 81.5 Å². The van der Waals surface area contributed by atoms with Crippen LogP contribution in [-0.2, 0) is 31.8 Å². The molecule has 0 aromatic heterocycles. The van der Waals surface area contributed by atoms with E-state index in [0.717, 1.165) is 49.4 Å². The van der Waals surface area contributed by atoms with Crippen LogP contribution in [0.5, 0.6) is 0 Å². The van der Waals surface area contributed by atoms with Crippen LogP contribution in [0.4, 0.5) is 27.2 Å². The van der Waals surface area contributed by atoms with Crippen molar-refractivity contribution in [2.45, 2.75) is 60.8 Å². The van der Waals surface area contributed by atoms with E-state index in [4.69, 9.17) is 9.47 Å². The minimum Gasteiger partial charge on any atom is -0.412 e. The standard InChI is InChI=1S/2C33H38F2N4O3.2ClH.H2O/c2*1-37(2)31(41)36-32(26-11-7-4-8-12-26)15-18-38(19-16-32)20-17-33(27-13-14-28(34)29(35)23-27)24-39(21-22-42-33)30(40)25-9-5-3-6-10-25;;;/h2*3-14,23H,15-22,24H2,1-2H3,(H,36,41);2*1H;1H2. The zero-order chi connectivity index (χ0) is 59.5. The second-order valence-corrected chi connectivity index (χ2v) is 22.9. The quantitative estimate of drug-likeness (QED) is 0.102. The average Bonchev–Trinajstić information content (AvgIpc) is 1.03. The lowest BCUT2D eigenvalue weighted by molar-refractivity contribution is -0.114. The summed E-state index contributed by atoms with van der Waals surface area (Å²) in [6, 6.07) is 45.7. The predicted octanol–water partition coefficient (Wildman–Crippen LogP) is 9.99. The van der Waals surface area contributed by atoms with Gasteiger partial charge in [-0.05, 0) is 109 Å². The molecule has 4 aliphatic rings. The van der Waals surface area contributed by atoms with E-state index in [1.54, 1.807) is 84.2 Å². The Labute approximate surface area is 520 Å². The second kappa shape index (κ2) is 30.7. The van der Waals surface area contributed by atoms with Crippen molar-refractivity contribution in [3.8, 4) is 0 Å². The fourth-order valence-corrected chi connectivity index (χ4v) is 12.1. The lowest BCUT2D eigenvalue weighted by Gasteiger charge is -2.46. The van der Waals surface area contributed by atoms with Gasteiger partial charge in [-0.1, -0.05) is 109 Å². The lowest BCUT2D eigenvalue weighted by Crippen LogP contribution is -2.56. The van der Waals surface area contributed by atoms with Gasteiger partial charge in [-0.25, -0.2) is 27.2 Å². The van der Waals surface area contributed by atoms with E-state index in [0.29, 0.717) is 87.0 Å². The summed E-state index contributed by atoms with van der Waals surface area (Å²) in [5.41, 5.74) is 1.36. The molecule has 0 aliphatic carbocycles. The van der Waals surface area contributed by atoms with Crippen LogP contribution in [-0.4, -0.2) is 166 Å². The monoisotopic (exact) mass is 1240 g/mol. The van der Waals surface area contributed by atoms with E-state index in [1.165, 1.54) is 12.1 Å². The first kappa shape index (κ1) is 69.0. The highest BCUT2D eigenvalue weighted by Gasteiger charge is 2.45. The number of likely N-dealkylation sites (tertiary alicyclic amines) is 2. The molecule has 0 saturated carbocycles. The molecule has 4 N–H and O–H groups in total. The Morgan fingerprint density at radius 2 is 0.770 bits per heavy atom. The number of carbonyl (C=O) groups is 4. The first-order chi connectivity index (χ1) is 40.4. The summed E-state index contributed by atoms with van der Waals surface area (Å²) in [7, 11) is 6.93. The van der Waals surface area contributed by atoms with Gasteiger partial charge in [0.25, 0.3) is 11.8 Å². The summed E-state index contributed by atoms with van der Waals surface area (Å²) in [6.07, 6.45) is 3.84. The van der Waals surface area contributed by atoms with Crippen LogP contribution in [0.3, 0.4) is 0 Å². The van der Waals surface area contributed by atoms with Gasteiger partial charge in [0, 0.05) is 91.7 Å². The first-order valence-corrected chi connectivity index (χ1v) is 28.9. The topological polar surface area (TPSA) is 162 Å². The third-order valence-corrected chi connectivity index (χ3v) is 17.1. The second-order valence-electron chi connectivity index (χ2n) is 22.9. The summed E-state index contributed by atoms with van der Waals surface area (Å²) in [5.74, 6) is -3.96. The maximum atomic E-state index is 14.5. The number of nitrogens with zero attached hydrogens (tertiary/aromatic N) is 6. The number of rotatable bonds is 14. The molecular weight excluding hydrogens is 1160 g/mol. The molecule has 6 amide bonds. The normalized spacial score (nSPS) is 19.9. The minimum absolute atomic E-state index is 0. The molecule has 4 fully saturated rings. The van der Waals surface area contributed by atoms with Gasteiger partial charge in [0.1, 0.15) is 11.2 Å². The van der Waals surface area contributed by atoms with Crippen LogP contribution in [0.15, 0.2) is 158 Å². The van der Waals surface area contributed by atoms with Crippen molar-refractivity contribution in [1.82, 2.24) is 40.0 Å². The van der Waals surface area contributed by atoms with Gasteiger partial charge in [0.2, 0.25) is 0 Å². The smallest absolute Gasteiger partial charge is 0.317 e. The van der Waals surface area contributed by atoms with E-state index in [2.05, 4.69) is 44.7 Å². The molecule has 0 spiro atoms. The Morgan fingerprint density at radius 3 is 1.08 bits per heavy atom. The van der Waals surface area contributed by atoms with Gasteiger partial charge < -0.3 is 55.0 Å². The predicted molar refractivity (Wildman–Crippen MR) is 332 cm³/mol. The molecule has 15 nitrogen and oxygen atoms in total. The van der Waals surface area contributed by atoms with Crippen LogP contribution >= 0.6 is 24.8 Å². The number of ether oxygens (including phenoxy) is 2. The largest absolute Gasteiger partial charge is 0.412 e. The van der Waals surface area contributed by atoms with Crippen molar-refractivity contribution in [1.29, 1.82) is 0 Å². The number of hydrogen-bond donors (Lipinski definition) is 2. The van der Waals surface area contributed by atoms with Crippen molar-refractivity contribution in [2.75, 3.05) is 107 Å². The zero-order valence-corrected chi connectivity index (χ0v) is 51.3. The summed E-state index contributed by atoms with van der Waals surface area (Å²) in [6.45, 7) is 5.99. The molecule has 10 rings (SSSR count). The van der Waals surface area contributed by atoms with Crippen LogP contribution < -0.4 is 10.6 Å². The van der Waals surface area contributed by atoms with Gasteiger partial charge in [0.15, 0.2) is 23.3 Å². The van der Waals surface area contributed by atoms with Gasteiger partial charge in [-0.15, -0.1) is 24.8 Å². The van der Waals surface area contributed by atoms with Gasteiger partial charge >= 0.3 is 12.1 Å². The highest BCUT2D eigenvalue weighted by atomic mass is 35.5. The van der Waals surface area contributed by atoms with E-state index >= 15 is 0 Å². The molecule has 468 valence electrons. The fraction of sp³-hybridized carbons (Fsp3) is 0.394. The van der Waals surface area contributed by atoms with Crippen LogP contribution in [0.2, 0.25) is 0 Å². The summed E-state index contributed by atoms with van der Waals surface area (Å²) in [4.78, 5) is 63.4. The van der Waals surface area contributed by atoms with Gasteiger partial charge in [0.05, 0.1) is 37.4 Å². The van der Waals surface area contributed by atoms with E-state index in [9.17, 15) is 36.7 Å². The molecule has 87 heavy (non-hydrogen) atoms. The molecule has 4 aliphatic heterocycles. The summed E-state index contributed by atoms with van der Waals surface area (Å²) >= 11 is 0. The van der Waals surface area contributed by atoms with E-state index in [-0.39, 0.29) is 80.5 Å². The number of piperidine rings is 2. The number of nitrogens with one attached hydrogen (secondary N) is 2. The van der Waals surface area contributed by atoms with Crippen LogP contribution in [0, 0.1) is 23.3 Å². The number of morpholine rings is 2. The van der Waals surface area contributed by atoms with Crippen molar-refractivity contribution in [3.63, 3.8) is 0 Å². The Morgan fingerprint density at radius 1 is 0.448 bits per heavy atom. The van der Waals surface area contributed by atoms with Crippen molar-refractivity contribution >= 4 is 48.7 Å². The summed E-state index contributed by atoms with van der Waals surface area (Å²) in [5, 5.41) is 6.53. The average molecular weight is 1240 g/mol. The number of carbonyl (C=O) groups excluding carboxylic acids is 4. The lowest BCUT2D eigenvalue weighted by atomic mass is 9.80. The number of hydrogen-bond acceptors (Lipinski definition) is 8. The third-order valence-electron chi connectivity index (χ3n) is 17.1. The van der Waals surface area contributed by atoms with Crippen molar-refractivity contribution < 1.29 is 51.7 Å². The molecule has 4 heterocycles. The minimum atomic E-state index is -0.996. The van der Waals surface area contributed by atoms with Crippen molar-refractivity contribution in [3.05, 3.63) is 214 Å². The molecule has 21 heteroatoms. The highest BCUT2D eigenvalue weighted by molar-refractivity contribution is 5.95. The summed E-state index contributed by atoms with van der Waals surface area (Å²) < 4.78 is 69.5. The Hall–Kier alpha value is -7.10. The molecule has 2 unspecified atom stereocenters. The Bertz CT molecular complexity index is 2990. The first-order valence-electron chi connectivity index (χ1n) is 28.9. The van der Waals surface area contributed by atoms with E-state index in [1.807, 2.05) is 72.8 Å². The molecule has 0 radical (unpaired) electrons. The number of benzene rings is 6. The van der Waals surface area contributed by atoms with Gasteiger partial charge in [-0.2, -0.15) is 0 Å². The molecule has 2 atom stereocenters. The maximum absolute atomic E-state index is 14.5. The molecule has 0 bridgehead atoms. The Balaban J connectivity index is 0.000000269. The van der Waals surface area contributed by atoms with E-state index < -0.39 is 45.5 Å². The number of amides is 6. The number of halogens is 6. The number of urea groups is 2. The van der Waals surface area contributed by atoms with Crippen molar-refractivity contribution in [2.24, 2.45) is 0 Å². The third kappa shape index (κ3) is 16.4. The Kier molecular flexibility index (Phi) is 24.3. The zero-order valence-electron chi connectivity index (χ0n) is 49.7. The maximum Gasteiger partial charge on any atom is 0.317 e. The molecule has 6 aromatic rings. The SMILES string of the molecule is CN(C)C(=O)NC1(c2ccccc2)CCN(CCC2(c3ccc(F)c(F)c3)CN(C(=O)c3ccccc3)CCO2)CC1.CN(C)C(=O)NC1(c2ccccc2)CCN(CCC2(c3ccc(F)c(F)c3)CN(C(=O)c3ccccc3)CCO2)CC1.Cl.Cl.O. The highest BCUT2D eigenvalue weighted by Crippen LogP contribution is 2.40. The molecular formula is C66H80Cl2F4N8O7. The molecule has 4 saturated heterocycles.